The van der Waals surface area contributed by atoms with Gasteiger partial charge in [-0.25, -0.2) is 0 Å². The van der Waals surface area contributed by atoms with E-state index in [0.717, 1.165) is 0 Å². The first kappa shape index (κ1) is 15.9. The number of ether oxygens (including phenoxy) is 2. The van der Waals surface area contributed by atoms with E-state index in [2.05, 4.69) is 11.9 Å². The van der Waals surface area contributed by atoms with Gasteiger partial charge < -0.3 is 14.8 Å². The molecule has 0 fully saturated rings. The van der Waals surface area contributed by atoms with E-state index >= 15 is 0 Å². The van der Waals surface area contributed by atoms with Crippen molar-refractivity contribution in [2.75, 3.05) is 18.5 Å². The molecule has 0 aliphatic heterocycles. The molecule has 0 atom stereocenters. The highest BCUT2D eigenvalue weighted by molar-refractivity contribution is 6.30. The number of nitrogens with one attached hydrogen (secondary N) is 1. The van der Waals surface area contributed by atoms with Crippen LogP contribution in [0.2, 0.25) is 5.02 Å². The Morgan fingerprint density at radius 3 is 2.59 bits per heavy atom. The smallest absolute Gasteiger partial charge is 0.262 e. The van der Waals surface area contributed by atoms with Crippen molar-refractivity contribution in [2.24, 2.45) is 0 Å². The van der Waals surface area contributed by atoms with Crippen molar-refractivity contribution in [3.8, 4) is 11.5 Å². The zero-order valence-electron chi connectivity index (χ0n) is 11.9. The van der Waals surface area contributed by atoms with Gasteiger partial charge in [-0.1, -0.05) is 30.3 Å². The van der Waals surface area contributed by atoms with Crippen LogP contribution in [0.25, 0.3) is 0 Å². The Labute approximate surface area is 134 Å². The standard InChI is InChI=1S/C17H16ClNO3/c1-2-10-21-15-8-6-14(7-9-15)19-17(20)12-22-16-5-3-4-13(18)11-16/h2-9,11H,1,10,12H2,(H,19,20). The molecule has 0 bridgehead atoms. The van der Waals surface area contributed by atoms with E-state index in [1.165, 1.54) is 0 Å². The summed E-state index contributed by atoms with van der Waals surface area (Å²) in [6.07, 6.45) is 1.67. The van der Waals surface area contributed by atoms with Gasteiger partial charge in [-0.2, -0.15) is 0 Å². The third-order valence-electron chi connectivity index (χ3n) is 2.67. The van der Waals surface area contributed by atoms with Crippen molar-refractivity contribution in [3.63, 3.8) is 0 Å². The first-order chi connectivity index (χ1) is 10.7. The molecule has 0 unspecified atom stereocenters. The zero-order chi connectivity index (χ0) is 15.8. The predicted octanol–water partition coefficient (Wildman–Crippen LogP) is 3.92. The summed E-state index contributed by atoms with van der Waals surface area (Å²) in [6, 6.07) is 14.0. The molecule has 1 amide bonds. The molecule has 22 heavy (non-hydrogen) atoms. The van der Waals surface area contributed by atoms with Gasteiger partial charge in [0.25, 0.3) is 5.91 Å². The normalized spacial score (nSPS) is 9.86. The summed E-state index contributed by atoms with van der Waals surface area (Å²) < 4.78 is 10.7. The van der Waals surface area contributed by atoms with Crippen molar-refractivity contribution in [1.29, 1.82) is 0 Å². The zero-order valence-corrected chi connectivity index (χ0v) is 12.7. The molecule has 0 aromatic heterocycles. The number of hydrogen-bond donors (Lipinski definition) is 1. The van der Waals surface area contributed by atoms with E-state index < -0.39 is 0 Å². The molecule has 0 saturated heterocycles. The topological polar surface area (TPSA) is 47.6 Å². The summed E-state index contributed by atoms with van der Waals surface area (Å²) in [4.78, 5) is 11.8. The van der Waals surface area contributed by atoms with Gasteiger partial charge in [0.2, 0.25) is 0 Å². The van der Waals surface area contributed by atoms with Crippen LogP contribution < -0.4 is 14.8 Å². The van der Waals surface area contributed by atoms with Crippen molar-refractivity contribution in [2.45, 2.75) is 0 Å². The van der Waals surface area contributed by atoms with E-state index in [1.54, 1.807) is 54.6 Å². The average molecular weight is 318 g/mol. The molecular weight excluding hydrogens is 302 g/mol. The van der Waals surface area contributed by atoms with Gasteiger partial charge in [-0.3, -0.25) is 4.79 Å². The molecule has 0 saturated carbocycles. The Balaban J connectivity index is 1.82. The van der Waals surface area contributed by atoms with Crippen LogP contribution in [0.15, 0.2) is 61.2 Å². The van der Waals surface area contributed by atoms with E-state index in [1.807, 2.05) is 0 Å². The summed E-state index contributed by atoms with van der Waals surface area (Å²) in [7, 11) is 0. The molecule has 0 heterocycles. The summed E-state index contributed by atoms with van der Waals surface area (Å²) in [6.45, 7) is 3.93. The van der Waals surface area contributed by atoms with E-state index in [0.29, 0.717) is 28.8 Å². The lowest BCUT2D eigenvalue weighted by atomic mass is 10.3. The predicted molar refractivity (Wildman–Crippen MR) is 87.7 cm³/mol. The second kappa shape index (κ2) is 8.10. The van der Waals surface area contributed by atoms with Gasteiger partial charge in [-0.15, -0.1) is 0 Å². The molecule has 1 N–H and O–H groups in total. The Morgan fingerprint density at radius 1 is 1.14 bits per heavy atom. The third-order valence-corrected chi connectivity index (χ3v) is 2.91. The first-order valence-corrected chi connectivity index (χ1v) is 7.07. The molecule has 0 aliphatic rings. The molecule has 2 aromatic carbocycles. The largest absolute Gasteiger partial charge is 0.490 e. The number of rotatable bonds is 7. The van der Waals surface area contributed by atoms with Gasteiger partial charge in [-0.05, 0) is 42.5 Å². The average Bonchev–Trinajstić information content (AvgIpc) is 2.52. The maximum absolute atomic E-state index is 11.8. The molecule has 114 valence electrons. The second-order valence-electron chi connectivity index (χ2n) is 4.42. The van der Waals surface area contributed by atoms with Crippen molar-refractivity contribution >= 4 is 23.2 Å². The van der Waals surface area contributed by atoms with Crippen LogP contribution >= 0.6 is 11.6 Å². The van der Waals surface area contributed by atoms with Crippen LogP contribution in [-0.4, -0.2) is 19.1 Å². The molecule has 0 spiro atoms. The van der Waals surface area contributed by atoms with Gasteiger partial charge in [0.15, 0.2) is 6.61 Å². The number of amides is 1. The summed E-state index contributed by atoms with van der Waals surface area (Å²) in [5.74, 6) is 1.02. The number of benzene rings is 2. The fourth-order valence-electron chi connectivity index (χ4n) is 1.69. The van der Waals surface area contributed by atoms with Crippen molar-refractivity contribution in [3.05, 3.63) is 66.2 Å². The Hall–Kier alpha value is -2.46. The molecule has 0 radical (unpaired) electrons. The SMILES string of the molecule is C=CCOc1ccc(NC(=O)COc2cccc(Cl)c2)cc1. The van der Waals surface area contributed by atoms with E-state index in [-0.39, 0.29) is 12.5 Å². The summed E-state index contributed by atoms with van der Waals surface area (Å²) >= 11 is 5.84. The highest BCUT2D eigenvalue weighted by Gasteiger charge is 2.04. The van der Waals surface area contributed by atoms with Crippen LogP contribution in [0.5, 0.6) is 11.5 Å². The van der Waals surface area contributed by atoms with Crippen LogP contribution in [0.1, 0.15) is 0 Å². The Morgan fingerprint density at radius 2 is 1.91 bits per heavy atom. The molecule has 2 rings (SSSR count). The van der Waals surface area contributed by atoms with Crippen LogP contribution in [-0.2, 0) is 4.79 Å². The lowest BCUT2D eigenvalue weighted by Gasteiger charge is -2.08. The Bertz CT molecular complexity index is 641. The number of hydrogen-bond acceptors (Lipinski definition) is 3. The molecule has 5 heteroatoms. The number of halogens is 1. The van der Waals surface area contributed by atoms with Crippen LogP contribution in [0.3, 0.4) is 0 Å². The minimum absolute atomic E-state index is 0.0882. The van der Waals surface area contributed by atoms with Crippen LogP contribution in [0, 0.1) is 0 Å². The first-order valence-electron chi connectivity index (χ1n) is 6.69. The highest BCUT2D eigenvalue weighted by atomic mass is 35.5. The third kappa shape index (κ3) is 5.14. The summed E-state index contributed by atoms with van der Waals surface area (Å²) in [5, 5.41) is 3.30. The minimum atomic E-state index is -0.250. The maximum Gasteiger partial charge on any atom is 0.262 e. The van der Waals surface area contributed by atoms with Gasteiger partial charge in [0.1, 0.15) is 18.1 Å². The van der Waals surface area contributed by atoms with Crippen molar-refractivity contribution in [1.82, 2.24) is 0 Å². The molecule has 2 aromatic rings. The second-order valence-corrected chi connectivity index (χ2v) is 4.85. The number of carbonyl (C=O) groups excluding carboxylic acids is 1. The fraction of sp³-hybridized carbons (Fsp3) is 0.118. The lowest BCUT2D eigenvalue weighted by molar-refractivity contribution is -0.118. The van der Waals surface area contributed by atoms with Gasteiger partial charge >= 0.3 is 0 Å². The quantitative estimate of drug-likeness (QED) is 0.787. The van der Waals surface area contributed by atoms with Gasteiger partial charge in [0, 0.05) is 10.7 Å². The fourth-order valence-corrected chi connectivity index (χ4v) is 1.87. The van der Waals surface area contributed by atoms with E-state index in [9.17, 15) is 4.79 Å². The van der Waals surface area contributed by atoms with Crippen LogP contribution in [0.4, 0.5) is 5.69 Å². The Kier molecular flexibility index (Phi) is 5.86. The molecule has 0 aliphatic carbocycles. The highest BCUT2D eigenvalue weighted by Crippen LogP contribution is 2.18. The monoisotopic (exact) mass is 317 g/mol. The minimum Gasteiger partial charge on any atom is -0.490 e. The van der Waals surface area contributed by atoms with Gasteiger partial charge in [0.05, 0.1) is 0 Å². The lowest BCUT2D eigenvalue weighted by Crippen LogP contribution is -2.20. The molecular formula is C17H16ClNO3. The number of carbonyl (C=O) groups is 1. The van der Waals surface area contributed by atoms with E-state index in [4.69, 9.17) is 21.1 Å². The maximum atomic E-state index is 11.8. The summed E-state index contributed by atoms with van der Waals surface area (Å²) in [5.41, 5.74) is 0.672. The number of anilines is 1. The molecule has 4 nitrogen and oxygen atoms in total. The van der Waals surface area contributed by atoms with Crippen molar-refractivity contribution < 1.29 is 14.3 Å².